The minimum absolute atomic E-state index is 0.253. The van der Waals surface area contributed by atoms with E-state index < -0.39 is 0 Å². The fraction of sp³-hybridized carbons (Fsp3) is 0.529. The van der Waals surface area contributed by atoms with Gasteiger partial charge in [-0.25, -0.2) is 4.79 Å². The van der Waals surface area contributed by atoms with Crippen molar-refractivity contribution in [1.29, 1.82) is 0 Å². The van der Waals surface area contributed by atoms with Gasteiger partial charge in [-0.15, -0.1) is 6.58 Å². The number of carbonyl (C=O) groups excluding carboxylic acids is 1. The van der Waals surface area contributed by atoms with E-state index in [0.717, 1.165) is 19.3 Å². The molecule has 1 rings (SSSR count). The molecule has 1 aromatic rings. The number of nitrogens with zero attached hydrogens (tertiary/aromatic N) is 1. The van der Waals surface area contributed by atoms with Crippen molar-refractivity contribution in [3.8, 4) is 0 Å². The molecule has 0 aromatic carbocycles. The molecule has 0 saturated carbocycles. The van der Waals surface area contributed by atoms with Crippen LogP contribution >= 0.6 is 0 Å². The SMILES string of the molecule is C=CCCCCCCCCCOC(=O)c1ccncc1. The van der Waals surface area contributed by atoms with E-state index in [4.69, 9.17) is 4.74 Å². The first kappa shape index (κ1) is 16.4. The van der Waals surface area contributed by atoms with Crippen molar-refractivity contribution in [2.24, 2.45) is 0 Å². The molecule has 0 aliphatic heterocycles. The molecule has 0 N–H and O–H groups in total. The van der Waals surface area contributed by atoms with E-state index in [2.05, 4.69) is 11.6 Å². The monoisotopic (exact) mass is 275 g/mol. The molecule has 0 aliphatic rings. The second kappa shape index (κ2) is 11.2. The third-order valence-electron chi connectivity index (χ3n) is 3.20. The number of esters is 1. The number of ether oxygens (including phenoxy) is 1. The van der Waals surface area contributed by atoms with E-state index in [1.165, 1.54) is 32.1 Å². The fourth-order valence-corrected chi connectivity index (χ4v) is 2.01. The Balaban J connectivity index is 1.92. The summed E-state index contributed by atoms with van der Waals surface area (Å²) in [5.74, 6) is -0.253. The zero-order valence-corrected chi connectivity index (χ0v) is 12.2. The lowest BCUT2D eigenvalue weighted by molar-refractivity contribution is 0.0497. The summed E-state index contributed by atoms with van der Waals surface area (Å²) >= 11 is 0. The van der Waals surface area contributed by atoms with Gasteiger partial charge in [0.15, 0.2) is 0 Å². The summed E-state index contributed by atoms with van der Waals surface area (Å²) in [5.41, 5.74) is 0.571. The van der Waals surface area contributed by atoms with E-state index in [0.29, 0.717) is 12.2 Å². The van der Waals surface area contributed by atoms with E-state index in [1.807, 2.05) is 6.08 Å². The van der Waals surface area contributed by atoms with E-state index in [9.17, 15) is 4.79 Å². The van der Waals surface area contributed by atoms with E-state index in [1.54, 1.807) is 24.5 Å². The van der Waals surface area contributed by atoms with Crippen molar-refractivity contribution >= 4 is 5.97 Å². The van der Waals surface area contributed by atoms with Gasteiger partial charge in [0.25, 0.3) is 0 Å². The Hall–Kier alpha value is -1.64. The predicted octanol–water partition coefficient (Wildman–Crippen LogP) is 4.55. The predicted molar refractivity (Wildman–Crippen MR) is 81.7 cm³/mol. The molecule has 0 atom stereocenters. The molecule has 0 spiro atoms. The zero-order valence-electron chi connectivity index (χ0n) is 12.2. The molecular weight excluding hydrogens is 250 g/mol. The quantitative estimate of drug-likeness (QED) is 0.338. The molecule has 20 heavy (non-hydrogen) atoms. The molecule has 0 amide bonds. The van der Waals surface area contributed by atoms with Crippen LogP contribution in [0.2, 0.25) is 0 Å². The first-order valence-electron chi connectivity index (χ1n) is 7.52. The van der Waals surface area contributed by atoms with Crippen LogP contribution in [0.15, 0.2) is 37.2 Å². The smallest absolute Gasteiger partial charge is 0.338 e. The van der Waals surface area contributed by atoms with Crippen LogP contribution in [0.4, 0.5) is 0 Å². The lowest BCUT2D eigenvalue weighted by Crippen LogP contribution is -2.06. The summed E-state index contributed by atoms with van der Waals surface area (Å²) in [4.78, 5) is 15.5. The number of carbonyl (C=O) groups is 1. The van der Waals surface area contributed by atoms with Crippen LogP contribution in [0, 0.1) is 0 Å². The third kappa shape index (κ3) is 7.72. The van der Waals surface area contributed by atoms with Crippen molar-refractivity contribution in [3.63, 3.8) is 0 Å². The normalized spacial score (nSPS) is 10.2. The molecule has 0 fully saturated rings. The average molecular weight is 275 g/mol. The van der Waals surface area contributed by atoms with Crippen LogP contribution in [0.25, 0.3) is 0 Å². The van der Waals surface area contributed by atoms with Gasteiger partial charge in [0.1, 0.15) is 0 Å². The summed E-state index contributed by atoms with van der Waals surface area (Å²) in [6, 6.07) is 3.34. The van der Waals surface area contributed by atoms with Crippen LogP contribution in [-0.4, -0.2) is 17.6 Å². The summed E-state index contributed by atoms with van der Waals surface area (Å²) < 4.78 is 5.21. The molecule has 0 saturated heterocycles. The first-order valence-corrected chi connectivity index (χ1v) is 7.52. The molecule has 3 nitrogen and oxygen atoms in total. The number of pyridine rings is 1. The molecular formula is C17H25NO2. The van der Waals surface area contributed by atoms with Crippen LogP contribution in [0.1, 0.15) is 61.7 Å². The van der Waals surface area contributed by atoms with Gasteiger partial charge in [-0.1, -0.05) is 38.2 Å². The topological polar surface area (TPSA) is 39.2 Å². The maximum absolute atomic E-state index is 11.6. The highest BCUT2D eigenvalue weighted by atomic mass is 16.5. The Morgan fingerprint density at radius 2 is 1.65 bits per heavy atom. The lowest BCUT2D eigenvalue weighted by Gasteiger charge is -2.04. The number of aromatic nitrogens is 1. The van der Waals surface area contributed by atoms with Gasteiger partial charge in [0, 0.05) is 12.4 Å². The Bertz CT molecular complexity index is 376. The zero-order chi connectivity index (χ0) is 14.5. The maximum Gasteiger partial charge on any atom is 0.338 e. The summed E-state index contributed by atoms with van der Waals surface area (Å²) in [5, 5.41) is 0. The van der Waals surface area contributed by atoms with Crippen molar-refractivity contribution in [2.75, 3.05) is 6.61 Å². The lowest BCUT2D eigenvalue weighted by atomic mass is 10.1. The third-order valence-corrected chi connectivity index (χ3v) is 3.20. The van der Waals surface area contributed by atoms with E-state index >= 15 is 0 Å². The molecule has 0 unspecified atom stereocenters. The molecule has 0 aliphatic carbocycles. The van der Waals surface area contributed by atoms with Gasteiger partial charge in [-0.3, -0.25) is 4.98 Å². The van der Waals surface area contributed by atoms with Crippen LogP contribution in [0.5, 0.6) is 0 Å². The number of hydrogen-bond donors (Lipinski definition) is 0. The molecule has 0 radical (unpaired) electrons. The average Bonchev–Trinajstić information content (AvgIpc) is 2.50. The van der Waals surface area contributed by atoms with Crippen molar-refractivity contribution < 1.29 is 9.53 Å². The summed E-state index contributed by atoms with van der Waals surface area (Å²) in [7, 11) is 0. The standard InChI is InChI=1S/C17H25NO2/c1-2-3-4-5-6-7-8-9-10-15-20-17(19)16-11-13-18-14-12-16/h2,11-14H,1,3-10,15H2. The van der Waals surface area contributed by atoms with Gasteiger partial charge in [-0.2, -0.15) is 0 Å². The number of unbranched alkanes of at least 4 members (excludes halogenated alkanes) is 7. The second-order valence-electron chi connectivity index (χ2n) is 4.92. The Kier molecular flexibility index (Phi) is 9.20. The van der Waals surface area contributed by atoms with Gasteiger partial charge in [-0.05, 0) is 31.4 Å². The highest BCUT2D eigenvalue weighted by molar-refractivity contribution is 5.89. The van der Waals surface area contributed by atoms with Crippen LogP contribution in [-0.2, 0) is 4.74 Å². The first-order chi connectivity index (χ1) is 9.84. The molecule has 0 bridgehead atoms. The Labute approximate surface area is 122 Å². The molecule has 1 heterocycles. The van der Waals surface area contributed by atoms with Gasteiger partial charge in [0.2, 0.25) is 0 Å². The Morgan fingerprint density at radius 3 is 2.30 bits per heavy atom. The summed E-state index contributed by atoms with van der Waals surface area (Å²) in [6.07, 6.45) is 14.7. The summed E-state index contributed by atoms with van der Waals surface area (Å²) in [6.45, 7) is 4.23. The van der Waals surface area contributed by atoms with Gasteiger partial charge >= 0.3 is 5.97 Å². The van der Waals surface area contributed by atoms with Crippen LogP contribution in [0.3, 0.4) is 0 Å². The Morgan fingerprint density at radius 1 is 1.05 bits per heavy atom. The molecule has 3 heteroatoms. The largest absolute Gasteiger partial charge is 0.462 e. The number of rotatable bonds is 11. The van der Waals surface area contributed by atoms with Gasteiger partial charge in [0.05, 0.1) is 12.2 Å². The maximum atomic E-state index is 11.6. The minimum Gasteiger partial charge on any atom is -0.462 e. The van der Waals surface area contributed by atoms with Crippen molar-refractivity contribution in [1.82, 2.24) is 4.98 Å². The van der Waals surface area contributed by atoms with Crippen molar-refractivity contribution in [2.45, 2.75) is 51.4 Å². The van der Waals surface area contributed by atoms with Crippen molar-refractivity contribution in [3.05, 3.63) is 42.7 Å². The highest BCUT2D eigenvalue weighted by Gasteiger charge is 2.05. The van der Waals surface area contributed by atoms with Crippen LogP contribution < -0.4 is 0 Å². The highest BCUT2D eigenvalue weighted by Crippen LogP contribution is 2.09. The number of allylic oxidation sites excluding steroid dienone is 1. The van der Waals surface area contributed by atoms with E-state index in [-0.39, 0.29) is 5.97 Å². The number of hydrogen-bond acceptors (Lipinski definition) is 3. The molecule has 1 aromatic heterocycles. The molecule has 110 valence electrons. The van der Waals surface area contributed by atoms with Gasteiger partial charge < -0.3 is 4.74 Å². The minimum atomic E-state index is -0.253. The fourth-order valence-electron chi connectivity index (χ4n) is 2.01. The second-order valence-corrected chi connectivity index (χ2v) is 4.92.